The van der Waals surface area contributed by atoms with Crippen LogP contribution in [0.5, 0.6) is 0 Å². The van der Waals surface area contributed by atoms with Gasteiger partial charge in [0.15, 0.2) is 0 Å². The Morgan fingerprint density at radius 2 is 1.69 bits per heavy atom. The lowest BCUT2D eigenvalue weighted by molar-refractivity contribution is -0.384. The SMILES string of the molecule is Cc1ccc(N(Cc2ccco2)S(=O)(=O)c2ccc([N+](=O)[O-])cc2)cc1. The first kappa shape index (κ1) is 17.7. The lowest BCUT2D eigenvalue weighted by Gasteiger charge is -2.23. The number of nitrogens with zero attached hydrogens (tertiary/aromatic N) is 2. The number of hydrogen-bond donors (Lipinski definition) is 0. The molecule has 3 aromatic rings. The Balaban J connectivity index is 2.03. The van der Waals surface area contributed by atoms with Crippen LogP contribution in [0.3, 0.4) is 0 Å². The number of hydrogen-bond acceptors (Lipinski definition) is 5. The second-order valence-electron chi connectivity index (χ2n) is 5.68. The molecule has 0 fully saturated rings. The quantitative estimate of drug-likeness (QED) is 0.483. The largest absolute Gasteiger partial charge is 0.467 e. The van der Waals surface area contributed by atoms with Crippen LogP contribution >= 0.6 is 0 Å². The standard InChI is InChI=1S/C18H16N2O5S/c1-14-4-6-15(7-5-14)19(13-17-3-2-12-25-17)26(23,24)18-10-8-16(9-11-18)20(21)22/h2-12H,13H2,1H3. The molecule has 1 aromatic heterocycles. The van der Waals surface area contributed by atoms with Crippen LogP contribution in [0.15, 0.2) is 76.2 Å². The molecule has 0 aliphatic rings. The van der Waals surface area contributed by atoms with Crippen LogP contribution in [0, 0.1) is 17.0 Å². The molecular weight excluding hydrogens is 356 g/mol. The van der Waals surface area contributed by atoms with Crippen molar-refractivity contribution in [3.8, 4) is 0 Å². The molecule has 0 spiro atoms. The summed E-state index contributed by atoms with van der Waals surface area (Å²) in [6.07, 6.45) is 1.47. The maximum atomic E-state index is 13.1. The van der Waals surface area contributed by atoms with Gasteiger partial charge in [-0.3, -0.25) is 14.4 Å². The van der Waals surface area contributed by atoms with Crippen molar-refractivity contribution in [3.63, 3.8) is 0 Å². The van der Waals surface area contributed by atoms with Crippen molar-refractivity contribution in [2.24, 2.45) is 0 Å². The zero-order valence-electron chi connectivity index (χ0n) is 13.9. The average molecular weight is 372 g/mol. The number of nitro groups is 1. The van der Waals surface area contributed by atoms with Gasteiger partial charge in [-0.2, -0.15) is 0 Å². The second-order valence-corrected chi connectivity index (χ2v) is 7.54. The van der Waals surface area contributed by atoms with E-state index in [1.807, 2.05) is 19.1 Å². The molecular formula is C18H16N2O5S. The summed E-state index contributed by atoms with van der Waals surface area (Å²) >= 11 is 0. The van der Waals surface area contributed by atoms with Crippen LogP contribution in [0.4, 0.5) is 11.4 Å². The molecule has 0 atom stereocenters. The van der Waals surface area contributed by atoms with E-state index in [-0.39, 0.29) is 17.1 Å². The van der Waals surface area contributed by atoms with E-state index in [1.54, 1.807) is 24.3 Å². The first-order valence-corrected chi connectivity index (χ1v) is 9.18. The van der Waals surface area contributed by atoms with Gasteiger partial charge in [0.1, 0.15) is 5.76 Å². The summed E-state index contributed by atoms with van der Waals surface area (Å²) in [4.78, 5) is 10.2. The fourth-order valence-corrected chi connectivity index (χ4v) is 3.87. The smallest absolute Gasteiger partial charge is 0.269 e. The molecule has 1 heterocycles. The van der Waals surface area contributed by atoms with E-state index in [9.17, 15) is 18.5 Å². The highest BCUT2D eigenvalue weighted by molar-refractivity contribution is 7.92. The monoisotopic (exact) mass is 372 g/mol. The number of furan rings is 1. The fraction of sp³-hybridized carbons (Fsp3) is 0.111. The summed E-state index contributed by atoms with van der Waals surface area (Å²) in [5, 5.41) is 10.8. The van der Waals surface area contributed by atoms with E-state index < -0.39 is 14.9 Å². The fourth-order valence-electron chi connectivity index (χ4n) is 2.44. The summed E-state index contributed by atoms with van der Waals surface area (Å²) < 4.78 is 32.8. The number of aryl methyl sites for hydroxylation is 1. The Hall–Kier alpha value is -3.13. The van der Waals surface area contributed by atoms with Crippen LogP contribution in [-0.2, 0) is 16.6 Å². The van der Waals surface area contributed by atoms with Crippen molar-refractivity contribution < 1.29 is 17.8 Å². The van der Waals surface area contributed by atoms with E-state index in [4.69, 9.17) is 4.42 Å². The minimum absolute atomic E-state index is 0.00931. The van der Waals surface area contributed by atoms with Gasteiger partial charge >= 0.3 is 0 Å². The van der Waals surface area contributed by atoms with Crippen LogP contribution < -0.4 is 4.31 Å². The maximum absolute atomic E-state index is 13.1. The van der Waals surface area contributed by atoms with Crippen LogP contribution in [0.2, 0.25) is 0 Å². The molecule has 0 amide bonds. The average Bonchev–Trinajstić information content (AvgIpc) is 3.14. The molecule has 2 aromatic carbocycles. The highest BCUT2D eigenvalue weighted by atomic mass is 32.2. The van der Waals surface area contributed by atoms with E-state index in [0.29, 0.717) is 11.4 Å². The summed E-state index contributed by atoms with van der Waals surface area (Å²) in [5.74, 6) is 0.482. The molecule has 0 saturated heterocycles. The van der Waals surface area contributed by atoms with Gasteiger partial charge in [0.2, 0.25) is 0 Å². The lowest BCUT2D eigenvalue weighted by Crippen LogP contribution is -2.30. The summed E-state index contributed by atoms with van der Waals surface area (Å²) in [6.45, 7) is 1.92. The Kier molecular flexibility index (Phi) is 4.77. The normalized spacial score (nSPS) is 11.3. The number of rotatable bonds is 6. The van der Waals surface area contributed by atoms with Crippen molar-refractivity contribution in [3.05, 3.63) is 88.4 Å². The van der Waals surface area contributed by atoms with Crippen molar-refractivity contribution in [2.45, 2.75) is 18.4 Å². The van der Waals surface area contributed by atoms with Crippen molar-refractivity contribution in [1.29, 1.82) is 0 Å². The Morgan fingerprint density at radius 1 is 1.04 bits per heavy atom. The molecule has 0 aliphatic heterocycles. The minimum atomic E-state index is -3.93. The van der Waals surface area contributed by atoms with Crippen molar-refractivity contribution in [1.82, 2.24) is 0 Å². The van der Waals surface area contributed by atoms with E-state index in [0.717, 1.165) is 5.56 Å². The molecule has 0 aliphatic carbocycles. The molecule has 3 rings (SSSR count). The van der Waals surface area contributed by atoms with Crippen molar-refractivity contribution in [2.75, 3.05) is 4.31 Å². The van der Waals surface area contributed by atoms with Crippen LogP contribution in [0.25, 0.3) is 0 Å². The van der Waals surface area contributed by atoms with Gasteiger partial charge in [-0.05, 0) is 43.3 Å². The first-order chi connectivity index (χ1) is 12.4. The van der Waals surface area contributed by atoms with Crippen molar-refractivity contribution >= 4 is 21.4 Å². The van der Waals surface area contributed by atoms with Gasteiger partial charge in [0, 0.05) is 12.1 Å². The number of benzene rings is 2. The first-order valence-electron chi connectivity index (χ1n) is 7.74. The van der Waals surface area contributed by atoms with Gasteiger partial charge in [-0.1, -0.05) is 17.7 Å². The van der Waals surface area contributed by atoms with Gasteiger partial charge in [-0.25, -0.2) is 8.42 Å². The van der Waals surface area contributed by atoms with E-state index >= 15 is 0 Å². The summed E-state index contributed by atoms with van der Waals surface area (Å²) in [5.41, 5.74) is 1.31. The number of nitro benzene ring substituents is 1. The third kappa shape index (κ3) is 3.60. The predicted octanol–water partition coefficient (Wildman–Crippen LogP) is 3.89. The molecule has 0 radical (unpaired) electrons. The zero-order valence-corrected chi connectivity index (χ0v) is 14.7. The van der Waals surface area contributed by atoms with Gasteiger partial charge in [0.25, 0.3) is 15.7 Å². The molecule has 8 heteroatoms. The molecule has 134 valence electrons. The second kappa shape index (κ2) is 7.01. The lowest BCUT2D eigenvalue weighted by atomic mass is 10.2. The molecule has 0 N–H and O–H groups in total. The minimum Gasteiger partial charge on any atom is -0.467 e. The Morgan fingerprint density at radius 3 is 2.23 bits per heavy atom. The van der Waals surface area contributed by atoms with Gasteiger partial charge in [0.05, 0.1) is 28.3 Å². The summed E-state index contributed by atoms with van der Waals surface area (Å²) in [7, 11) is -3.93. The number of non-ortho nitro benzene ring substituents is 1. The van der Waals surface area contributed by atoms with Crippen LogP contribution in [-0.4, -0.2) is 13.3 Å². The van der Waals surface area contributed by atoms with Crippen LogP contribution in [0.1, 0.15) is 11.3 Å². The molecule has 0 saturated carbocycles. The highest BCUT2D eigenvalue weighted by Gasteiger charge is 2.26. The Labute approximate surface area is 150 Å². The number of sulfonamides is 1. The predicted molar refractivity (Wildman–Crippen MR) is 96.4 cm³/mol. The summed E-state index contributed by atoms with van der Waals surface area (Å²) in [6, 6.07) is 15.2. The highest BCUT2D eigenvalue weighted by Crippen LogP contribution is 2.27. The third-order valence-electron chi connectivity index (χ3n) is 3.84. The zero-order chi connectivity index (χ0) is 18.7. The third-order valence-corrected chi connectivity index (χ3v) is 5.63. The molecule has 0 unspecified atom stereocenters. The Bertz CT molecular complexity index is 995. The molecule has 26 heavy (non-hydrogen) atoms. The maximum Gasteiger partial charge on any atom is 0.269 e. The topological polar surface area (TPSA) is 93.7 Å². The number of anilines is 1. The van der Waals surface area contributed by atoms with E-state index in [2.05, 4.69) is 0 Å². The van der Waals surface area contributed by atoms with Gasteiger partial charge < -0.3 is 4.42 Å². The van der Waals surface area contributed by atoms with E-state index in [1.165, 1.54) is 34.8 Å². The molecule has 0 bridgehead atoms. The van der Waals surface area contributed by atoms with Gasteiger partial charge in [-0.15, -0.1) is 0 Å². The molecule has 7 nitrogen and oxygen atoms in total.